The predicted molar refractivity (Wildman–Crippen MR) is 121 cm³/mol. The SMILES string of the molecule is COc1ccc2c(c1CCN1CCC(n3ccc4ccccc43)CC1)OC(=O)N(C)C2. The number of piperidine rings is 1. The van der Waals surface area contributed by atoms with Gasteiger partial charge in [0, 0.05) is 55.6 Å². The predicted octanol–water partition coefficient (Wildman–Crippen LogP) is 4.47. The molecule has 3 aromatic rings. The summed E-state index contributed by atoms with van der Waals surface area (Å²) in [5, 5.41) is 1.31. The Morgan fingerprint density at radius 3 is 2.71 bits per heavy atom. The maximum absolute atomic E-state index is 12.1. The summed E-state index contributed by atoms with van der Waals surface area (Å²) in [6, 6.07) is 15.4. The molecule has 1 aromatic heterocycles. The summed E-state index contributed by atoms with van der Waals surface area (Å²) in [5.74, 6) is 1.49. The molecule has 0 aliphatic carbocycles. The molecule has 0 unspecified atom stereocenters. The molecule has 162 valence electrons. The highest BCUT2D eigenvalue weighted by Crippen LogP contribution is 2.36. The number of benzene rings is 2. The third-order valence-electron chi connectivity index (χ3n) is 6.69. The number of rotatable bonds is 5. The summed E-state index contributed by atoms with van der Waals surface area (Å²) in [5.41, 5.74) is 3.37. The number of likely N-dealkylation sites (tertiary alicyclic amines) is 1. The molecule has 3 heterocycles. The maximum Gasteiger partial charge on any atom is 0.415 e. The molecule has 2 aliphatic rings. The second-order valence-electron chi connectivity index (χ2n) is 8.56. The number of methoxy groups -OCH3 is 1. The normalized spacial score (nSPS) is 17.6. The van der Waals surface area contributed by atoms with E-state index in [0.717, 1.165) is 55.8 Å². The lowest BCUT2D eigenvalue weighted by Gasteiger charge is -2.33. The van der Waals surface area contributed by atoms with Crippen LogP contribution < -0.4 is 9.47 Å². The van der Waals surface area contributed by atoms with Crippen LogP contribution in [0.2, 0.25) is 0 Å². The summed E-state index contributed by atoms with van der Waals surface area (Å²) in [7, 11) is 3.43. The van der Waals surface area contributed by atoms with Gasteiger partial charge in [0.15, 0.2) is 0 Å². The van der Waals surface area contributed by atoms with Crippen LogP contribution in [0.25, 0.3) is 10.9 Å². The molecule has 0 saturated carbocycles. The Balaban J connectivity index is 1.26. The molecule has 1 fully saturated rings. The Hall–Kier alpha value is -2.99. The van der Waals surface area contributed by atoms with Gasteiger partial charge in [-0.05, 0) is 48.9 Å². The van der Waals surface area contributed by atoms with Gasteiger partial charge in [0.1, 0.15) is 11.5 Å². The molecule has 2 aromatic carbocycles. The lowest BCUT2D eigenvalue weighted by molar-refractivity contribution is 0.149. The molecule has 0 radical (unpaired) electrons. The Bertz CT molecular complexity index is 1100. The summed E-state index contributed by atoms with van der Waals surface area (Å²) >= 11 is 0. The lowest BCUT2D eigenvalue weighted by atomic mass is 10.0. The number of carbonyl (C=O) groups is 1. The molecule has 1 saturated heterocycles. The molecule has 0 N–H and O–H groups in total. The van der Waals surface area contributed by atoms with Crippen molar-refractivity contribution in [1.82, 2.24) is 14.4 Å². The molecular weight excluding hydrogens is 390 g/mol. The second kappa shape index (κ2) is 8.27. The van der Waals surface area contributed by atoms with Crippen LogP contribution >= 0.6 is 0 Å². The van der Waals surface area contributed by atoms with Crippen molar-refractivity contribution >= 4 is 17.0 Å². The number of carbonyl (C=O) groups excluding carboxylic acids is 1. The van der Waals surface area contributed by atoms with Crippen molar-refractivity contribution in [3.8, 4) is 11.5 Å². The van der Waals surface area contributed by atoms with Crippen molar-refractivity contribution in [3.05, 3.63) is 59.8 Å². The van der Waals surface area contributed by atoms with Crippen LogP contribution in [0.1, 0.15) is 30.0 Å². The Morgan fingerprint density at radius 2 is 1.90 bits per heavy atom. The summed E-state index contributed by atoms with van der Waals surface area (Å²) < 4.78 is 13.7. The molecular formula is C25H29N3O3. The van der Waals surface area contributed by atoms with Gasteiger partial charge < -0.3 is 23.8 Å². The van der Waals surface area contributed by atoms with Crippen molar-refractivity contribution in [2.75, 3.05) is 33.8 Å². The molecule has 1 amide bonds. The number of hydrogen-bond donors (Lipinski definition) is 0. The van der Waals surface area contributed by atoms with Gasteiger partial charge in [-0.2, -0.15) is 0 Å². The average molecular weight is 420 g/mol. The second-order valence-corrected chi connectivity index (χ2v) is 8.56. The maximum atomic E-state index is 12.1. The zero-order valence-corrected chi connectivity index (χ0v) is 18.2. The van der Waals surface area contributed by atoms with Crippen LogP contribution in [0.15, 0.2) is 48.7 Å². The van der Waals surface area contributed by atoms with E-state index in [9.17, 15) is 4.79 Å². The molecule has 0 bridgehead atoms. The third-order valence-corrected chi connectivity index (χ3v) is 6.69. The molecule has 2 aliphatic heterocycles. The van der Waals surface area contributed by atoms with Crippen LogP contribution in [-0.2, 0) is 13.0 Å². The van der Waals surface area contributed by atoms with Crippen molar-refractivity contribution in [2.24, 2.45) is 0 Å². The van der Waals surface area contributed by atoms with E-state index in [4.69, 9.17) is 9.47 Å². The van der Waals surface area contributed by atoms with Gasteiger partial charge in [-0.1, -0.05) is 18.2 Å². The van der Waals surface area contributed by atoms with Gasteiger partial charge in [0.05, 0.1) is 13.7 Å². The quantitative estimate of drug-likeness (QED) is 0.612. The van der Waals surface area contributed by atoms with Gasteiger partial charge in [0.25, 0.3) is 0 Å². The van der Waals surface area contributed by atoms with Gasteiger partial charge in [0.2, 0.25) is 0 Å². The van der Waals surface area contributed by atoms with E-state index in [1.165, 1.54) is 10.9 Å². The number of ether oxygens (including phenoxy) is 2. The van der Waals surface area contributed by atoms with Gasteiger partial charge in [-0.25, -0.2) is 4.79 Å². The summed E-state index contributed by atoms with van der Waals surface area (Å²) in [6.07, 6.45) is 5.02. The van der Waals surface area contributed by atoms with Crippen LogP contribution in [0, 0.1) is 0 Å². The van der Waals surface area contributed by atoms with Gasteiger partial charge in [-0.15, -0.1) is 0 Å². The number of amides is 1. The van der Waals surface area contributed by atoms with Crippen LogP contribution in [0.4, 0.5) is 4.79 Å². The highest BCUT2D eigenvalue weighted by Gasteiger charge is 2.27. The molecule has 0 spiro atoms. The first kappa shape index (κ1) is 19.9. The molecule has 6 nitrogen and oxygen atoms in total. The average Bonchev–Trinajstić information content (AvgIpc) is 3.23. The van der Waals surface area contributed by atoms with E-state index in [2.05, 4.69) is 46.0 Å². The summed E-state index contributed by atoms with van der Waals surface area (Å²) in [4.78, 5) is 16.2. The zero-order valence-electron chi connectivity index (χ0n) is 18.2. The number of fused-ring (bicyclic) bond motifs is 2. The van der Waals surface area contributed by atoms with Gasteiger partial charge >= 0.3 is 6.09 Å². The van der Waals surface area contributed by atoms with E-state index in [1.54, 1.807) is 19.1 Å². The minimum Gasteiger partial charge on any atom is -0.496 e. The van der Waals surface area contributed by atoms with Crippen LogP contribution in [0.5, 0.6) is 11.5 Å². The fourth-order valence-corrected chi connectivity index (χ4v) is 4.94. The molecule has 5 rings (SSSR count). The highest BCUT2D eigenvalue weighted by molar-refractivity contribution is 5.80. The minimum absolute atomic E-state index is 0.304. The topological polar surface area (TPSA) is 46.9 Å². The molecule has 0 atom stereocenters. The Kier molecular flexibility index (Phi) is 5.32. The largest absolute Gasteiger partial charge is 0.496 e. The first-order valence-corrected chi connectivity index (χ1v) is 11.0. The smallest absolute Gasteiger partial charge is 0.415 e. The van der Waals surface area contributed by atoms with E-state index in [0.29, 0.717) is 18.3 Å². The fourth-order valence-electron chi connectivity index (χ4n) is 4.94. The van der Waals surface area contributed by atoms with Gasteiger partial charge in [-0.3, -0.25) is 0 Å². The number of hydrogen-bond acceptors (Lipinski definition) is 4. The van der Waals surface area contributed by atoms with E-state index >= 15 is 0 Å². The highest BCUT2D eigenvalue weighted by atomic mass is 16.6. The third kappa shape index (κ3) is 3.76. The van der Waals surface area contributed by atoms with Crippen molar-refractivity contribution < 1.29 is 14.3 Å². The molecule has 6 heteroatoms. The van der Waals surface area contributed by atoms with E-state index in [1.807, 2.05) is 12.1 Å². The Labute approximate surface area is 183 Å². The number of aromatic nitrogens is 1. The minimum atomic E-state index is -0.304. The first-order valence-electron chi connectivity index (χ1n) is 11.0. The monoisotopic (exact) mass is 419 g/mol. The number of para-hydroxylation sites is 1. The zero-order chi connectivity index (χ0) is 21.4. The van der Waals surface area contributed by atoms with Crippen molar-refractivity contribution in [1.29, 1.82) is 0 Å². The fraction of sp³-hybridized carbons (Fsp3) is 0.400. The lowest BCUT2D eigenvalue weighted by Crippen LogP contribution is -2.36. The van der Waals surface area contributed by atoms with Crippen LogP contribution in [-0.4, -0.2) is 54.3 Å². The van der Waals surface area contributed by atoms with Crippen molar-refractivity contribution in [3.63, 3.8) is 0 Å². The van der Waals surface area contributed by atoms with E-state index < -0.39 is 0 Å². The molecule has 31 heavy (non-hydrogen) atoms. The van der Waals surface area contributed by atoms with Crippen LogP contribution in [0.3, 0.4) is 0 Å². The van der Waals surface area contributed by atoms with Crippen molar-refractivity contribution in [2.45, 2.75) is 31.8 Å². The Morgan fingerprint density at radius 1 is 1.10 bits per heavy atom. The standard InChI is InChI=1S/C25H29N3O3/c1-26-17-19-7-8-23(30-2)21(24(19)31-25(26)29)12-15-27-13-10-20(11-14-27)28-16-9-18-5-3-4-6-22(18)28/h3-9,16,20H,10-15,17H2,1-2H3. The summed E-state index contributed by atoms with van der Waals surface area (Å²) in [6.45, 7) is 3.63. The van der Waals surface area contributed by atoms with E-state index in [-0.39, 0.29) is 6.09 Å². The number of nitrogens with zero attached hydrogens (tertiary/aromatic N) is 3. The first-order chi connectivity index (χ1) is 15.1.